The molecule has 2 amide bonds. The van der Waals surface area contributed by atoms with Crippen LogP contribution >= 0.6 is 24.8 Å². The Kier molecular flexibility index (Phi) is 14.6. The minimum atomic E-state index is -0.337. The summed E-state index contributed by atoms with van der Waals surface area (Å²) >= 11 is 0. The first-order chi connectivity index (χ1) is 10.6. The van der Waals surface area contributed by atoms with E-state index in [-0.39, 0.29) is 49.7 Å². The van der Waals surface area contributed by atoms with E-state index in [1.807, 2.05) is 12.1 Å². The highest BCUT2D eigenvalue weighted by Gasteiger charge is 2.05. The molecule has 0 radical (unpaired) electrons. The maximum Gasteiger partial charge on any atom is 0.239 e. The van der Waals surface area contributed by atoms with Gasteiger partial charge in [-0.1, -0.05) is 38.1 Å². The summed E-state index contributed by atoms with van der Waals surface area (Å²) < 4.78 is 0. The first-order valence-corrected chi connectivity index (χ1v) is 7.62. The summed E-state index contributed by atoms with van der Waals surface area (Å²) in [4.78, 5) is 24.9. The van der Waals surface area contributed by atoms with Gasteiger partial charge in [0.15, 0.2) is 0 Å². The van der Waals surface area contributed by atoms with Gasteiger partial charge in [-0.3, -0.25) is 14.5 Å². The molecular formula is C16H28Cl2N4O2. The highest BCUT2D eigenvalue weighted by atomic mass is 35.5. The molecule has 0 spiro atoms. The van der Waals surface area contributed by atoms with Gasteiger partial charge in [0.2, 0.25) is 11.8 Å². The van der Waals surface area contributed by atoms with Gasteiger partial charge in [0.05, 0.1) is 13.1 Å². The summed E-state index contributed by atoms with van der Waals surface area (Å²) in [5.41, 5.74) is 7.43. The number of carbonyl (C=O) groups excluding carboxylic acids is 2. The number of hydrogen-bond acceptors (Lipinski definition) is 4. The standard InChI is InChI=1S/C16H26N4O2.2ClH/c1-3-20(4-2)12-14-7-5-6-13(8-14)10-18-16(22)11-19-15(21)9-17;;/h5-8H,3-4,9-12,17H2,1-2H3,(H,18,22)(H,19,21);2*1H. The van der Waals surface area contributed by atoms with Crippen molar-refractivity contribution in [2.45, 2.75) is 26.9 Å². The molecule has 4 N–H and O–H groups in total. The maximum absolute atomic E-state index is 11.6. The van der Waals surface area contributed by atoms with Crippen LogP contribution < -0.4 is 16.4 Å². The molecule has 0 atom stereocenters. The summed E-state index contributed by atoms with van der Waals surface area (Å²) in [6, 6.07) is 8.16. The lowest BCUT2D eigenvalue weighted by Crippen LogP contribution is -2.39. The van der Waals surface area contributed by atoms with Crippen molar-refractivity contribution in [3.8, 4) is 0 Å². The summed E-state index contributed by atoms with van der Waals surface area (Å²) in [5, 5.41) is 5.22. The molecule has 0 bridgehead atoms. The van der Waals surface area contributed by atoms with E-state index in [1.54, 1.807) is 0 Å². The quantitative estimate of drug-likeness (QED) is 0.599. The van der Waals surface area contributed by atoms with Crippen LogP contribution in [0, 0.1) is 0 Å². The van der Waals surface area contributed by atoms with E-state index in [0.717, 1.165) is 25.2 Å². The molecule has 0 fully saturated rings. The Balaban J connectivity index is 0. The van der Waals surface area contributed by atoms with E-state index in [2.05, 4.69) is 41.5 Å². The molecule has 8 heteroatoms. The van der Waals surface area contributed by atoms with Gasteiger partial charge in [-0.2, -0.15) is 0 Å². The SMILES string of the molecule is CCN(CC)Cc1cccc(CNC(=O)CNC(=O)CN)c1.Cl.Cl. The Morgan fingerprint density at radius 1 is 1.04 bits per heavy atom. The van der Waals surface area contributed by atoms with Crippen LogP contribution in [-0.4, -0.2) is 42.9 Å². The highest BCUT2D eigenvalue weighted by Crippen LogP contribution is 2.08. The average Bonchev–Trinajstić information content (AvgIpc) is 2.55. The Labute approximate surface area is 156 Å². The zero-order valence-corrected chi connectivity index (χ0v) is 15.8. The molecule has 0 unspecified atom stereocenters. The molecule has 1 rings (SSSR count). The Hall–Kier alpha value is -1.34. The third-order valence-electron chi connectivity index (χ3n) is 3.41. The van der Waals surface area contributed by atoms with Gasteiger partial charge in [-0.25, -0.2) is 0 Å². The molecular weight excluding hydrogens is 351 g/mol. The van der Waals surface area contributed by atoms with Crippen molar-refractivity contribution >= 4 is 36.6 Å². The topological polar surface area (TPSA) is 87.5 Å². The molecule has 6 nitrogen and oxygen atoms in total. The lowest BCUT2D eigenvalue weighted by Gasteiger charge is -2.18. The molecule has 0 aliphatic rings. The van der Waals surface area contributed by atoms with E-state index >= 15 is 0 Å². The van der Waals surface area contributed by atoms with E-state index < -0.39 is 0 Å². The third kappa shape index (κ3) is 9.72. The first kappa shape index (κ1) is 24.9. The molecule has 0 aromatic heterocycles. The normalized spacial score (nSPS) is 9.67. The van der Waals surface area contributed by atoms with E-state index in [1.165, 1.54) is 5.56 Å². The minimum Gasteiger partial charge on any atom is -0.350 e. The predicted octanol–water partition coefficient (Wildman–Crippen LogP) is 1.06. The molecule has 0 heterocycles. The first-order valence-electron chi connectivity index (χ1n) is 7.62. The van der Waals surface area contributed by atoms with Crippen molar-refractivity contribution in [1.29, 1.82) is 0 Å². The maximum atomic E-state index is 11.6. The number of nitrogens with one attached hydrogen (secondary N) is 2. The fourth-order valence-corrected chi connectivity index (χ4v) is 2.06. The van der Waals surface area contributed by atoms with Crippen molar-refractivity contribution in [2.75, 3.05) is 26.2 Å². The van der Waals surface area contributed by atoms with Gasteiger partial charge < -0.3 is 16.4 Å². The number of hydrogen-bond donors (Lipinski definition) is 3. The number of benzene rings is 1. The van der Waals surface area contributed by atoms with Crippen molar-refractivity contribution < 1.29 is 9.59 Å². The molecule has 0 saturated heterocycles. The van der Waals surface area contributed by atoms with E-state index in [4.69, 9.17) is 5.73 Å². The fourth-order valence-electron chi connectivity index (χ4n) is 2.06. The number of amides is 2. The number of halogens is 2. The second-order valence-electron chi connectivity index (χ2n) is 5.04. The summed E-state index contributed by atoms with van der Waals surface area (Å²) in [6.07, 6.45) is 0. The smallest absolute Gasteiger partial charge is 0.239 e. The Bertz CT molecular complexity index is 497. The molecule has 138 valence electrons. The molecule has 24 heavy (non-hydrogen) atoms. The summed E-state index contributed by atoms with van der Waals surface area (Å²) in [6.45, 7) is 7.50. The van der Waals surface area contributed by atoms with Gasteiger partial charge in [0.1, 0.15) is 0 Å². The minimum absolute atomic E-state index is 0. The van der Waals surface area contributed by atoms with Crippen LogP contribution in [0.1, 0.15) is 25.0 Å². The Morgan fingerprint density at radius 3 is 2.25 bits per heavy atom. The Morgan fingerprint density at radius 2 is 1.67 bits per heavy atom. The lowest BCUT2D eigenvalue weighted by atomic mass is 10.1. The van der Waals surface area contributed by atoms with Crippen LogP contribution in [0.2, 0.25) is 0 Å². The van der Waals surface area contributed by atoms with E-state index in [0.29, 0.717) is 6.54 Å². The van der Waals surface area contributed by atoms with Crippen molar-refractivity contribution in [1.82, 2.24) is 15.5 Å². The lowest BCUT2D eigenvalue weighted by molar-refractivity contribution is -0.125. The van der Waals surface area contributed by atoms with Crippen LogP contribution in [0.25, 0.3) is 0 Å². The van der Waals surface area contributed by atoms with E-state index in [9.17, 15) is 9.59 Å². The van der Waals surface area contributed by atoms with Gasteiger partial charge in [0, 0.05) is 13.1 Å². The molecule has 0 aliphatic heterocycles. The number of nitrogens with two attached hydrogens (primary N) is 1. The number of carbonyl (C=O) groups is 2. The zero-order chi connectivity index (χ0) is 16.4. The molecule has 1 aromatic rings. The van der Waals surface area contributed by atoms with Crippen molar-refractivity contribution in [3.05, 3.63) is 35.4 Å². The molecule has 1 aromatic carbocycles. The van der Waals surface area contributed by atoms with Gasteiger partial charge >= 0.3 is 0 Å². The van der Waals surface area contributed by atoms with Crippen molar-refractivity contribution in [3.63, 3.8) is 0 Å². The summed E-state index contributed by atoms with van der Waals surface area (Å²) in [7, 11) is 0. The summed E-state index contributed by atoms with van der Waals surface area (Å²) in [5.74, 6) is -0.563. The average molecular weight is 379 g/mol. The van der Waals surface area contributed by atoms with Crippen LogP contribution in [0.15, 0.2) is 24.3 Å². The van der Waals surface area contributed by atoms with Gasteiger partial charge in [0.25, 0.3) is 0 Å². The second-order valence-corrected chi connectivity index (χ2v) is 5.04. The third-order valence-corrected chi connectivity index (χ3v) is 3.41. The van der Waals surface area contributed by atoms with Crippen LogP contribution in [0.4, 0.5) is 0 Å². The van der Waals surface area contributed by atoms with Gasteiger partial charge in [-0.15, -0.1) is 24.8 Å². The monoisotopic (exact) mass is 378 g/mol. The van der Waals surface area contributed by atoms with Crippen molar-refractivity contribution in [2.24, 2.45) is 5.73 Å². The van der Waals surface area contributed by atoms with Crippen LogP contribution in [0.5, 0.6) is 0 Å². The second kappa shape index (κ2) is 14.0. The fraction of sp³-hybridized carbons (Fsp3) is 0.500. The molecule has 0 saturated carbocycles. The molecule has 0 aliphatic carbocycles. The van der Waals surface area contributed by atoms with Gasteiger partial charge in [-0.05, 0) is 24.2 Å². The number of nitrogens with zero attached hydrogens (tertiary/aromatic N) is 1. The van der Waals surface area contributed by atoms with Crippen LogP contribution in [0.3, 0.4) is 0 Å². The zero-order valence-electron chi connectivity index (χ0n) is 14.2. The largest absolute Gasteiger partial charge is 0.350 e. The van der Waals surface area contributed by atoms with Crippen LogP contribution in [-0.2, 0) is 22.7 Å². The highest BCUT2D eigenvalue weighted by molar-refractivity contribution is 5.86. The predicted molar refractivity (Wildman–Crippen MR) is 101 cm³/mol. The number of rotatable bonds is 9.